The van der Waals surface area contributed by atoms with Gasteiger partial charge in [-0.2, -0.15) is 5.26 Å². The van der Waals surface area contributed by atoms with Gasteiger partial charge in [0.2, 0.25) is 0 Å². The third kappa shape index (κ3) is 4.70. The number of likely N-dealkylation sites (N-methyl/N-ethyl adjacent to an activating group) is 1. The molecule has 1 aromatic heterocycles. The average molecular weight is 333 g/mol. The fraction of sp³-hybridized carbons (Fsp3) is 0.471. The first-order valence-corrected chi connectivity index (χ1v) is 7.52. The molecule has 0 aromatic carbocycles. The summed E-state index contributed by atoms with van der Waals surface area (Å²) in [6.45, 7) is 6.03. The molecule has 1 amide bonds. The highest BCUT2D eigenvalue weighted by molar-refractivity contribution is 5.99. The maximum absolute atomic E-state index is 11.9. The lowest BCUT2D eigenvalue weighted by Crippen LogP contribution is -2.25. The van der Waals surface area contributed by atoms with Gasteiger partial charge in [-0.05, 0) is 38.5 Å². The number of rotatable bonds is 7. The second-order valence-corrected chi connectivity index (χ2v) is 5.42. The second kappa shape index (κ2) is 8.89. The van der Waals surface area contributed by atoms with Crippen molar-refractivity contribution in [1.82, 2.24) is 9.88 Å². The van der Waals surface area contributed by atoms with Crippen LogP contribution >= 0.6 is 0 Å². The molecule has 1 heterocycles. The Hall–Kier alpha value is -2.59. The van der Waals surface area contributed by atoms with Gasteiger partial charge in [0.15, 0.2) is 6.61 Å². The lowest BCUT2D eigenvalue weighted by atomic mass is 10.1. The maximum atomic E-state index is 11.9. The summed E-state index contributed by atoms with van der Waals surface area (Å²) in [5, 5.41) is 11.5. The fourth-order valence-electron chi connectivity index (χ4n) is 2.52. The fourth-order valence-corrected chi connectivity index (χ4v) is 2.52. The van der Waals surface area contributed by atoms with Crippen LogP contribution in [0.4, 0.5) is 0 Å². The zero-order valence-corrected chi connectivity index (χ0v) is 14.7. The number of carbonyl (C=O) groups is 2. The van der Waals surface area contributed by atoms with Gasteiger partial charge in [-0.15, -0.1) is 0 Å². The van der Waals surface area contributed by atoms with Crippen LogP contribution in [0.3, 0.4) is 0 Å². The Kier molecular flexibility index (Phi) is 7.21. The van der Waals surface area contributed by atoms with Crippen molar-refractivity contribution in [3.05, 3.63) is 28.6 Å². The molecular weight excluding hydrogens is 310 g/mol. The number of aryl methyl sites for hydroxylation is 1. The van der Waals surface area contributed by atoms with E-state index in [1.807, 2.05) is 32.9 Å². The number of hydrogen-bond acceptors (Lipinski definition) is 5. The minimum atomic E-state index is -0.823. The maximum Gasteiger partial charge on any atom is 0.349 e. The SMILES string of the molecule is CNC(=O)COC(=O)/C(C#N)=C/c1cc(C)n([C@H](C)COC)c1C. The normalized spacial score (nSPS) is 12.4. The molecule has 0 aliphatic rings. The van der Waals surface area contributed by atoms with E-state index in [-0.39, 0.29) is 11.6 Å². The van der Waals surface area contributed by atoms with E-state index in [0.29, 0.717) is 6.61 Å². The number of esters is 1. The van der Waals surface area contributed by atoms with Crippen molar-refractivity contribution in [2.75, 3.05) is 27.4 Å². The Morgan fingerprint density at radius 2 is 2.12 bits per heavy atom. The highest BCUT2D eigenvalue weighted by atomic mass is 16.5. The molecule has 0 saturated heterocycles. The summed E-state index contributed by atoms with van der Waals surface area (Å²) >= 11 is 0. The number of aromatic nitrogens is 1. The molecule has 0 radical (unpaired) electrons. The summed E-state index contributed by atoms with van der Waals surface area (Å²) < 4.78 is 12.1. The lowest BCUT2D eigenvalue weighted by Gasteiger charge is -2.17. The summed E-state index contributed by atoms with van der Waals surface area (Å²) in [4.78, 5) is 23.0. The highest BCUT2D eigenvalue weighted by Crippen LogP contribution is 2.23. The summed E-state index contributed by atoms with van der Waals surface area (Å²) in [6, 6.07) is 3.84. The van der Waals surface area contributed by atoms with E-state index in [0.717, 1.165) is 17.0 Å². The van der Waals surface area contributed by atoms with E-state index in [2.05, 4.69) is 9.88 Å². The van der Waals surface area contributed by atoms with Gasteiger partial charge in [-0.25, -0.2) is 4.79 Å². The molecule has 7 heteroatoms. The molecular formula is C17H23N3O4. The third-order valence-electron chi connectivity index (χ3n) is 3.63. The van der Waals surface area contributed by atoms with Crippen LogP contribution in [0.5, 0.6) is 0 Å². The monoisotopic (exact) mass is 333 g/mol. The van der Waals surface area contributed by atoms with Crippen molar-refractivity contribution in [1.29, 1.82) is 5.26 Å². The zero-order chi connectivity index (χ0) is 18.3. The molecule has 0 aliphatic heterocycles. The molecule has 0 aliphatic carbocycles. The Morgan fingerprint density at radius 1 is 1.46 bits per heavy atom. The van der Waals surface area contributed by atoms with Crippen LogP contribution in [0, 0.1) is 25.2 Å². The van der Waals surface area contributed by atoms with E-state index >= 15 is 0 Å². The zero-order valence-electron chi connectivity index (χ0n) is 14.7. The number of nitriles is 1. The largest absolute Gasteiger partial charge is 0.451 e. The molecule has 1 aromatic rings. The van der Waals surface area contributed by atoms with Crippen LogP contribution in [0.2, 0.25) is 0 Å². The Labute approximate surface area is 141 Å². The second-order valence-electron chi connectivity index (χ2n) is 5.42. The number of methoxy groups -OCH3 is 1. The van der Waals surface area contributed by atoms with E-state index in [1.165, 1.54) is 13.1 Å². The number of nitrogens with one attached hydrogen (secondary N) is 1. The van der Waals surface area contributed by atoms with Crippen molar-refractivity contribution in [3.63, 3.8) is 0 Å². The Morgan fingerprint density at radius 3 is 2.67 bits per heavy atom. The highest BCUT2D eigenvalue weighted by Gasteiger charge is 2.17. The first-order chi connectivity index (χ1) is 11.3. The van der Waals surface area contributed by atoms with Crippen molar-refractivity contribution < 1.29 is 19.1 Å². The third-order valence-corrected chi connectivity index (χ3v) is 3.63. The van der Waals surface area contributed by atoms with Crippen LogP contribution in [0.1, 0.15) is 29.9 Å². The number of hydrogen-bond donors (Lipinski definition) is 1. The molecule has 7 nitrogen and oxygen atoms in total. The molecule has 0 saturated carbocycles. The quantitative estimate of drug-likeness (QED) is 0.464. The molecule has 0 fully saturated rings. The minimum Gasteiger partial charge on any atom is -0.451 e. The molecule has 24 heavy (non-hydrogen) atoms. The minimum absolute atomic E-state index is 0.128. The predicted octanol–water partition coefficient (Wildman–Crippen LogP) is 1.51. The van der Waals surface area contributed by atoms with Gasteiger partial charge in [-0.3, -0.25) is 4.79 Å². The molecule has 0 bridgehead atoms. The van der Waals surface area contributed by atoms with Crippen molar-refractivity contribution in [2.45, 2.75) is 26.8 Å². The van der Waals surface area contributed by atoms with Gasteiger partial charge >= 0.3 is 5.97 Å². The molecule has 1 rings (SSSR count). The topological polar surface area (TPSA) is 93.4 Å². The summed E-state index contributed by atoms with van der Waals surface area (Å²) in [6.07, 6.45) is 1.48. The number of carbonyl (C=O) groups excluding carboxylic acids is 2. The van der Waals surface area contributed by atoms with E-state index in [4.69, 9.17) is 9.47 Å². The van der Waals surface area contributed by atoms with Gasteiger partial charge in [0.1, 0.15) is 11.6 Å². The number of ether oxygens (including phenoxy) is 2. The van der Waals surface area contributed by atoms with E-state index in [1.54, 1.807) is 7.11 Å². The van der Waals surface area contributed by atoms with Crippen molar-refractivity contribution >= 4 is 18.0 Å². The van der Waals surface area contributed by atoms with E-state index in [9.17, 15) is 14.9 Å². The molecule has 1 atom stereocenters. The van der Waals surface area contributed by atoms with Crippen LogP contribution < -0.4 is 5.32 Å². The van der Waals surface area contributed by atoms with Gasteiger partial charge in [0.05, 0.1) is 12.6 Å². The van der Waals surface area contributed by atoms with Gasteiger partial charge < -0.3 is 19.4 Å². The first-order valence-electron chi connectivity index (χ1n) is 7.52. The van der Waals surface area contributed by atoms with Gasteiger partial charge in [0.25, 0.3) is 5.91 Å². The number of nitrogens with zero attached hydrogens (tertiary/aromatic N) is 2. The smallest absolute Gasteiger partial charge is 0.349 e. The Bertz CT molecular complexity index is 683. The molecule has 1 N–H and O–H groups in total. The summed E-state index contributed by atoms with van der Waals surface area (Å²) in [5.41, 5.74) is 2.52. The van der Waals surface area contributed by atoms with Crippen molar-refractivity contribution in [3.8, 4) is 6.07 Å². The van der Waals surface area contributed by atoms with Gasteiger partial charge in [0, 0.05) is 25.5 Å². The Balaban J connectivity index is 3.05. The van der Waals surface area contributed by atoms with E-state index < -0.39 is 18.5 Å². The van der Waals surface area contributed by atoms with Crippen LogP contribution in [0.25, 0.3) is 6.08 Å². The number of amides is 1. The summed E-state index contributed by atoms with van der Waals surface area (Å²) in [7, 11) is 3.08. The average Bonchev–Trinajstić information content (AvgIpc) is 2.83. The van der Waals surface area contributed by atoms with Crippen LogP contribution in [0.15, 0.2) is 11.6 Å². The van der Waals surface area contributed by atoms with Crippen molar-refractivity contribution in [2.24, 2.45) is 0 Å². The van der Waals surface area contributed by atoms with Crippen LogP contribution in [-0.2, 0) is 19.1 Å². The molecule has 130 valence electrons. The molecule has 0 unspecified atom stereocenters. The summed E-state index contributed by atoms with van der Waals surface area (Å²) in [5.74, 6) is -1.26. The lowest BCUT2D eigenvalue weighted by molar-refractivity contribution is -0.144. The molecule has 0 spiro atoms. The predicted molar refractivity (Wildman–Crippen MR) is 89.1 cm³/mol. The first kappa shape index (κ1) is 19.5. The van der Waals surface area contributed by atoms with Crippen LogP contribution in [-0.4, -0.2) is 43.8 Å². The van der Waals surface area contributed by atoms with Gasteiger partial charge in [-0.1, -0.05) is 0 Å². The standard InChI is InChI=1S/C17H23N3O4/c1-11-6-14(13(3)20(11)12(2)9-23-5)7-15(8-18)17(22)24-10-16(21)19-4/h6-7,12H,9-10H2,1-5H3,(H,19,21)/b15-7+/t12-/m1/s1.